The molecule has 0 aliphatic carbocycles. The number of unbranched alkanes of at least 4 members (excludes halogenated alkanes) is 2. The van der Waals surface area contributed by atoms with Crippen LogP contribution in [0.15, 0.2) is 71.8 Å². The summed E-state index contributed by atoms with van der Waals surface area (Å²) in [5.74, 6) is 0.534. The molecule has 2 N–H and O–H groups in total. The molecule has 4 aromatic rings. The molecule has 0 aliphatic heterocycles. The van der Waals surface area contributed by atoms with Gasteiger partial charge in [-0.1, -0.05) is 48.9 Å². The van der Waals surface area contributed by atoms with Crippen LogP contribution in [-0.2, 0) is 11.3 Å². The van der Waals surface area contributed by atoms with Gasteiger partial charge in [0.1, 0.15) is 0 Å². The number of nitrogens with one attached hydrogen (secondary N) is 2. The lowest BCUT2D eigenvalue weighted by molar-refractivity contribution is -0.116. The van der Waals surface area contributed by atoms with E-state index in [-0.39, 0.29) is 11.5 Å². The number of rotatable bonds is 8. The summed E-state index contributed by atoms with van der Waals surface area (Å²) in [4.78, 5) is 36.6. The standard InChI is InChI=1S/C24H23N5O2S/c30-21(27-18-15-25-22(26-16-18)17-9-3-1-4-10-17)13-5-2-8-14-29-23(31)19-11-6-7-12-20(19)28-24(29)32/h1,3-4,6-7,9-12,15-16H,2,5,8,13-14H2,(H,27,30)(H,28,32). The minimum absolute atomic E-state index is 0.0822. The molecule has 0 bridgehead atoms. The first-order valence-electron chi connectivity index (χ1n) is 10.5. The van der Waals surface area contributed by atoms with Gasteiger partial charge in [0, 0.05) is 18.5 Å². The molecule has 0 unspecified atom stereocenters. The lowest BCUT2D eigenvalue weighted by atomic mass is 10.2. The minimum atomic E-state index is -0.0824. The fourth-order valence-corrected chi connectivity index (χ4v) is 3.77. The molecule has 0 saturated carbocycles. The van der Waals surface area contributed by atoms with E-state index < -0.39 is 0 Å². The summed E-state index contributed by atoms with van der Waals surface area (Å²) in [7, 11) is 0. The van der Waals surface area contributed by atoms with E-state index in [4.69, 9.17) is 12.2 Å². The van der Waals surface area contributed by atoms with E-state index >= 15 is 0 Å². The molecule has 32 heavy (non-hydrogen) atoms. The number of nitrogens with zero attached hydrogens (tertiary/aromatic N) is 3. The molecule has 2 heterocycles. The average molecular weight is 446 g/mol. The molecule has 0 saturated heterocycles. The van der Waals surface area contributed by atoms with E-state index in [0.717, 1.165) is 23.9 Å². The summed E-state index contributed by atoms with van der Waals surface area (Å²) in [6, 6.07) is 17.0. The molecule has 0 fully saturated rings. The summed E-state index contributed by atoms with van der Waals surface area (Å²) in [5, 5.41) is 3.45. The molecule has 2 aromatic carbocycles. The first kappa shape index (κ1) is 21.6. The van der Waals surface area contributed by atoms with Gasteiger partial charge in [-0.3, -0.25) is 14.2 Å². The second-order valence-corrected chi connectivity index (χ2v) is 7.84. The van der Waals surface area contributed by atoms with Gasteiger partial charge in [-0.25, -0.2) is 9.97 Å². The first-order valence-corrected chi connectivity index (χ1v) is 10.9. The molecular weight excluding hydrogens is 422 g/mol. The Kier molecular flexibility index (Phi) is 6.81. The van der Waals surface area contributed by atoms with Crippen molar-refractivity contribution in [2.45, 2.75) is 32.2 Å². The third-order valence-electron chi connectivity index (χ3n) is 5.14. The zero-order valence-corrected chi connectivity index (χ0v) is 18.3. The molecule has 162 valence electrons. The van der Waals surface area contributed by atoms with Gasteiger partial charge in [0.05, 0.1) is 29.0 Å². The van der Waals surface area contributed by atoms with E-state index in [1.165, 1.54) is 0 Å². The van der Waals surface area contributed by atoms with Gasteiger partial charge >= 0.3 is 0 Å². The predicted octanol–water partition coefficient (Wildman–Crippen LogP) is 4.72. The van der Waals surface area contributed by atoms with Crippen molar-refractivity contribution >= 4 is 34.7 Å². The highest BCUT2D eigenvalue weighted by Crippen LogP contribution is 2.15. The first-order chi connectivity index (χ1) is 15.6. The van der Waals surface area contributed by atoms with Crippen LogP contribution in [0.2, 0.25) is 0 Å². The SMILES string of the molecule is O=C(CCCCCn1c(=S)[nH]c2ccccc2c1=O)Nc1cnc(-c2ccccc2)nc1. The summed E-state index contributed by atoms with van der Waals surface area (Å²) in [6.07, 6.45) is 5.90. The van der Waals surface area contributed by atoms with Crippen molar-refractivity contribution in [2.24, 2.45) is 0 Å². The van der Waals surface area contributed by atoms with Crippen LogP contribution < -0.4 is 10.9 Å². The number of para-hydroxylation sites is 1. The topological polar surface area (TPSA) is 92.7 Å². The molecule has 2 aromatic heterocycles. The van der Waals surface area contributed by atoms with Crippen LogP contribution in [0.3, 0.4) is 0 Å². The maximum atomic E-state index is 12.6. The number of hydrogen-bond donors (Lipinski definition) is 2. The van der Waals surface area contributed by atoms with Crippen molar-refractivity contribution in [3.63, 3.8) is 0 Å². The van der Waals surface area contributed by atoms with Gasteiger partial charge in [0.2, 0.25) is 5.91 Å². The molecule has 1 amide bonds. The monoisotopic (exact) mass is 445 g/mol. The van der Waals surface area contributed by atoms with Crippen LogP contribution in [0.1, 0.15) is 25.7 Å². The Hall–Kier alpha value is -3.65. The zero-order chi connectivity index (χ0) is 22.3. The number of amides is 1. The lowest BCUT2D eigenvalue weighted by Crippen LogP contribution is -2.22. The second-order valence-electron chi connectivity index (χ2n) is 7.45. The number of H-pyrrole nitrogens is 1. The van der Waals surface area contributed by atoms with Crippen LogP contribution in [0.5, 0.6) is 0 Å². The van der Waals surface area contributed by atoms with E-state index in [1.54, 1.807) is 23.0 Å². The number of aromatic nitrogens is 4. The highest BCUT2D eigenvalue weighted by Gasteiger charge is 2.07. The number of carbonyl (C=O) groups excluding carboxylic acids is 1. The van der Waals surface area contributed by atoms with Crippen molar-refractivity contribution in [1.29, 1.82) is 0 Å². The lowest BCUT2D eigenvalue weighted by Gasteiger charge is -2.08. The number of hydrogen-bond acceptors (Lipinski definition) is 5. The average Bonchev–Trinajstić information content (AvgIpc) is 2.82. The molecule has 0 spiro atoms. The van der Waals surface area contributed by atoms with Crippen molar-refractivity contribution in [3.05, 3.63) is 82.1 Å². The van der Waals surface area contributed by atoms with E-state index in [1.807, 2.05) is 48.5 Å². The van der Waals surface area contributed by atoms with Crippen molar-refractivity contribution < 1.29 is 4.79 Å². The van der Waals surface area contributed by atoms with Gasteiger partial charge < -0.3 is 10.3 Å². The van der Waals surface area contributed by atoms with Crippen LogP contribution in [-0.4, -0.2) is 25.4 Å². The van der Waals surface area contributed by atoms with E-state index in [2.05, 4.69) is 20.3 Å². The summed E-state index contributed by atoms with van der Waals surface area (Å²) >= 11 is 5.33. The van der Waals surface area contributed by atoms with Crippen molar-refractivity contribution in [2.75, 3.05) is 5.32 Å². The van der Waals surface area contributed by atoms with Gasteiger partial charge in [-0.2, -0.15) is 0 Å². The fraction of sp³-hybridized carbons (Fsp3) is 0.208. The Bertz CT molecular complexity index is 1330. The highest BCUT2D eigenvalue weighted by atomic mass is 32.1. The Morgan fingerprint density at radius 2 is 1.69 bits per heavy atom. The molecule has 4 rings (SSSR count). The van der Waals surface area contributed by atoms with Crippen LogP contribution in [0.4, 0.5) is 5.69 Å². The second kappa shape index (κ2) is 10.1. The van der Waals surface area contributed by atoms with Crippen LogP contribution in [0.25, 0.3) is 22.3 Å². The van der Waals surface area contributed by atoms with Gasteiger partial charge in [-0.05, 0) is 37.2 Å². The fourth-order valence-electron chi connectivity index (χ4n) is 3.49. The van der Waals surface area contributed by atoms with Crippen LogP contribution in [0, 0.1) is 4.77 Å². The third kappa shape index (κ3) is 5.15. The van der Waals surface area contributed by atoms with Crippen molar-refractivity contribution in [1.82, 2.24) is 19.5 Å². The highest BCUT2D eigenvalue weighted by molar-refractivity contribution is 7.71. The third-order valence-corrected chi connectivity index (χ3v) is 5.46. The molecule has 8 heteroatoms. The Balaban J connectivity index is 1.24. The van der Waals surface area contributed by atoms with E-state index in [9.17, 15) is 9.59 Å². The molecule has 0 radical (unpaired) electrons. The summed E-state index contributed by atoms with van der Waals surface area (Å²) in [6.45, 7) is 0.523. The number of carbonyl (C=O) groups is 1. The maximum absolute atomic E-state index is 12.6. The van der Waals surface area contributed by atoms with Gasteiger partial charge in [0.15, 0.2) is 10.6 Å². The largest absolute Gasteiger partial charge is 0.332 e. The number of anilines is 1. The minimum Gasteiger partial charge on any atom is -0.332 e. The predicted molar refractivity (Wildman–Crippen MR) is 128 cm³/mol. The zero-order valence-electron chi connectivity index (χ0n) is 17.5. The number of fused-ring (bicyclic) bond motifs is 1. The normalized spacial score (nSPS) is 10.9. The number of benzene rings is 2. The summed E-state index contributed by atoms with van der Waals surface area (Å²) < 4.78 is 2.01. The quantitative estimate of drug-likeness (QED) is 0.303. The van der Waals surface area contributed by atoms with Gasteiger partial charge in [-0.15, -0.1) is 0 Å². The molecule has 7 nitrogen and oxygen atoms in total. The van der Waals surface area contributed by atoms with Crippen LogP contribution >= 0.6 is 12.2 Å². The Morgan fingerprint density at radius 3 is 2.47 bits per heavy atom. The number of aromatic amines is 1. The molecule has 0 atom stereocenters. The van der Waals surface area contributed by atoms with Gasteiger partial charge in [0.25, 0.3) is 5.56 Å². The molecular formula is C24H23N5O2S. The Morgan fingerprint density at radius 1 is 0.969 bits per heavy atom. The van der Waals surface area contributed by atoms with Crippen molar-refractivity contribution in [3.8, 4) is 11.4 Å². The smallest absolute Gasteiger partial charge is 0.262 e. The molecule has 0 aliphatic rings. The van der Waals surface area contributed by atoms with E-state index in [0.29, 0.717) is 41.1 Å². The Labute approximate surface area is 190 Å². The summed E-state index contributed by atoms with van der Waals surface area (Å²) in [5.41, 5.74) is 2.16. The maximum Gasteiger partial charge on any atom is 0.262 e.